The first-order valence-corrected chi connectivity index (χ1v) is 7.48. The Morgan fingerprint density at radius 3 is 2.78 bits per heavy atom. The summed E-state index contributed by atoms with van der Waals surface area (Å²) in [5.41, 5.74) is 7.08. The van der Waals surface area contributed by atoms with Crippen molar-refractivity contribution in [1.82, 2.24) is 4.98 Å². The average molecular weight is 269 g/mol. The van der Waals surface area contributed by atoms with Crippen LogP contribution in [0.4, 0.5) is 5.13 Å². The summed E-state index contributed by atoms with van der Waals surface area (Å²) < 4.78 is 5.24. The number of hydrogen-bond donors (Lipinski definition) is 1. The van der Waals surface area contributed by atoms with Gasteiger partial charge in [0.25, 0.3) is 0 Å². The Labute approximate surface area is 113 Å². The molecule has 4 nitrogen and oxygen atoms in total. The number of nitrogens with two attached hydrogens (primary N) is 1. The van der Waals surface area contributed by atoms with Gasteiger partial charge in [-0.15, -0.1) is 11.3 Å². The van der Waals surface area contributed by atoms with Crippen LogP contribution in [0.25, 0.3) is 0 Å². The Bertz CT molecular complexity index is 390. The fraction of sp³-hybridized carbons (Fsp3) is 0.769. The minimum Gasteiger partial charge on any atom is -0.383 e. The summed E-state index contributed by atoms with van der Waals surface area (Å²) in [6, 6.07) is 0.351. The fourth-order valence-electron chi connectivity index (χ4n) is 2.26. The zero-order chi connectivity index (χ0) is 13.1. The topological polar surface area (TPSA) is 51.4 Å². The van der Waals surface area contributed by atoms with Gasteiger partial charge in [0.05, 0.1) is 18.3 Å². The SMILES string of the molecule is CCN(c1nc(C2CC2)c(CN)s1)C(C)COC. The lowest BCUT2D eigenvalue weighted by Crippen LogP contribution is -2.36. The number of rotatable bonds is 7. The molecule has 0 aliphatic heterocycles. The molecule has 2 rings (SSSR count). The maximum atomic E-state index is 5.83. The molecule has 0 bridgehead atoms. The lowest BCUT2D eigenvalue weighted by Gasteiger charge is -2.26. The largest absolute Gasteiger partial charge is 0.383 e. The second kappa shape index (κ2) is 5.99. The van der Waals surface area contributed by atoms with Crippen LogP contribution in [0, 0.1) is 0 Å². The molecule has 1 aromatic rings. The summed E-state index contributed by atoms with van der Waals surface area (Å²) in [4.78, 5) is 8.39. The molecule has 0 spiro atoms. The molecule has 102 valence electrons. The molecule has 1 fully saturated rings. The van der Waals surface area contributed by atoms with Crippen LogP contribution in [0.1, 0.15) is 43.2 Å². The third-order valence-corrected chi connectivity index (χ3v) is 4.52. The van der Waals surface area contributed by atoms with Gasteiger partial charge in [-0.3, -0.25) is 0 Å². The minimum absolute atomic E-state index is 0.351. The molecule has 1 heterocycles. The molecule has 1 aliphatic carbocycles. The fourth-order valence-corrected chi connectivity index (χ4v) is 3.45. The third kappa shape index (κ3) is 2.84. The molecule has 1 unspecified atom stereocenters. The molecule has 0 saturated heterocycles. The molecule has 18 heavy (non-hydrogen) atoms. The van der Waals surface area contributed by atoms with Crippen molar-refractivity contribution in [2.75, 3.05) is 25.2 Å². The zero-order valence-corrected chi connectivity index (χ0v) is 12.3. The van der Waals surface area contributed by atoms with Crippen LogP contribution in [0.3, 0.4) is 0 Å². The summed E-state index contributed by atoms with van der Waals surface area (Å²) >= 11 is 1.75. The molecular weight excluding hydrogens is 246 g/mol. The number of thiazole rings is 1. The van der Waals surface area contributed by atoms with Gasteiger partial charge in [-0.05, 0) is 26.7 Å². The zero-order valence-electron chi connectivity index (χ0n) is 11.5. The Kier molecular flexibility index (Phi) is 4.59. The van der Waals surface area contributed by atoms with E-state index in [1.807, 2.05) is 0 Å². The van der Waals surface area contributed by atoms with Gasteiger partial charge >= 0.3 is 0 Å². The van der Waals surface area contributed by atoms with Crippen LogP contribution in [-0.2, 0) is 11.3 Å². The van der Waals surface area contributed by atoms with Gasteiger partial charge in [-0.1, -0.05) is 0 Å². The normalized spacial score (nSPS) is 16.9. The molecule has 0 radical (unpaired) electrons. The number of anilines is 1. The molecule has 1 aliphatic rings. The van der Waals surface area contributed by atoms with Gasteiger partial charge in [-0.2, -0.15) is 0 Å². The summed E-state index contributed by atoms with van der Waals surface area (Å²) in [5, 5.41) is 1.10. The predicted octanol–water partition coefficient (Wildman–Crippen LogP) is 2.34. The van der Waals surface area contributed by atoms with Crippen molar-refractivity contribution in [2.24, 2.45) is 5.73 Å². The Morgan fingerprint density at radius 1 is 1.56 bits per heavy atom. The highest BCUT2D eigenvalue weighted by Gasteiger charge is 2.30. The average Bonchev–Trinajstić information content (AvgIpc) is 3.12. The van der Waals surface area contributed by atoms with E-state index in [-0.39, 0.29) is 0 Å². The van der Waals surface area contributed by atoms with E-state index in [1.165, 1.54) is 23.4 Å². The molecule has 1 aromatic heterocycles. The second-order valence-corrected chi connectivity index (χ2v) is 5.94. The van der Waals surface area contributed by atoms with E-state index in [2.05, 4.69) is 18.7 Å². The first-order chi connectivity index (χ1) is 8.71. The molecule has 0 amide bonds. The maximum absolute atomic E-state index is 5.83. The smallest absolute Gasteiger partial charge is 0.186 e. The second-order valence-electron chi connectivity index (χ2n) is 4.87. The molecule has 2 N–H and O–H groups in total. The van der Waals surface area contributed by atoms with Crippen LogP contribution in [-0.4, -0.2) is 31.3 Å². The van der Waals surface area contributed by atoms with E-state index < -0.39 is 0 Å². The Hall–Kier alpha value is -0.650. The van der Waals surface area contributed by atoms with E-state index in [4.69, 9.17) is 15.5 Å². The van der Waals surface area contributed by atoms with Gasteiger partial charge in [0.15, 0.2) is 5.13 Å². The standard InChI is InChI=1S/C13H23N3OS/c1-4-16(9(2)8-17-3)13-15-12(10-5-6-10)11(7-14)18-13/h9-10H,4-8,14H2,1-3H3. The van der Waals surface area contributed by atoms with Crippen LogP contribution in [0.2, 0.25) is 0 Å². The van der Waals surface area contributed by atoms with Crippen molar-refractivity contribution < 1.29 is 4.74 Å². The molecular formula is C13H23N3OS. The monoisotopic (exact) mass is 269 g/mol. The van der Waals surface area contributed by atoms with Crippen molar-refractivity contribution in [3.8, 4) is 0 Å². The Balaban J connectivity index is 2.19. The van der Waals surface area contributed by atoms with Crippen molar-refractivity contribution in [1.29, 1.82) is 0 Å². The minimum atomic E-state index is 0.351. The highest BCUT2D eigenvalue weighted by atomic mass is 32.1. The van der Waals surface area contributed by atoms with E-state index in [0.29, 0.717) is 18.5 Å². The van der Waals surface area contributed by atoms with Crippen molar-refractivity contribution >= 4 is 16.5 Å². The predicted molar refractivity (Wildman–Crippen MR) is 76.3 cm³/mol. The number of likely N-dealkylation sites (N-methyl/N-ethyl adjacent to an activating group) is 1. The molecule has 1 saturated carbocycles. The highest BCUT2D eigenvalue weighted by molar-refractivity contribution is 7.15. The quantitative estimate of drug-likeness (QED) is 0.825. The van der Waals surface area contributed by atoms with Gasteiger partial charge in [0.2, 0.25) is 0 Å². The molecule has 5 heteroatoms. The Morgan fingerprint density at radius 2 is 2.28 bits per heavy atom. The first-order valence-electron chi connectivity index (χ1n) is 6.66. The first kappa shape index (κ1) is 13.8. The van der Waals surface area contributed by atoms with Gasteiger partial charge in [0, 0.05) is 31.0 Å². The lowest BCUT2D eigenvalue weighted by atomic mass is 10.2. The van der Waals surface area contributed by atoms with Gasteiger partial charge < -0.3 is 15.4 Å². The number of hydrogen-bond acceptors (Lipinski definition) is 5. The van der Waals surface area contributed by atoms with E-state index in [0.717, 1.165) is 18.3 Å². The number of aromatic nitrogens is 1. The number of ether oxygens (including phenoxy) is 1. The maximum Gasteiger partial charge on any atom is 0.186 e. The summed E-state index contributed by atoms with van der Waals surface area (Å²) in [6.07, 6.45) is 2.55. The van der Waals surface area contributed by atoms with Crippen LogP contribution in [0.15, 0.2) is 0 Å². The molecule has 1 atom stereocenters. The number of methoxy groups -OCH3 is 1. The van der Waals surface area contributed by atoms with Crippen LogP contribution < -0.4 is 10.6 Å². The van der Waals surface area contributed by atoms with E-state index >= 15 is 0 Å². The summed E-state index contributed by atoms with van der Waals surface area (Å²) in [5.74, 6) is 0.671. The van der Waals surface area contributed by atoms with Crippen LogP contribution >= 0.6 is 11.3 Å². The van der Waals surface area contributed by atoms with Crippen molar-refractivity contribution in [3.05, 3.63) is 10.6 Å². The third-order valence-electron chi connectivity index (χ3n) is 3.39. The van der Waals surface area contributed by atoms with E-state index in [9.17, 15) is 0 Å². The van der Waals surface area contributed by atoms with Crippen molar-refractivity contribution in [2.45, 2.75) is 45.2 Å². The summed E-state index contributed by atoms with van der Waals surface area (Å²) in [6.45, 7) is 6.62. The number of nitrogens with zero attached hydrogens (tertiary/aromatic N) is 2. The molecule has 0 aromatic carbocycles. The summed E-state index contributed by atoms with van der Waals surface area (Å²) in [7, 11) is 1.74. The highest BCUT2D eigenvalue weighted by Crippen LogP contribution is 2.44. The van der Waals surface area contributed by atoms with Gasteiger partial charge in [-0.25, -0.2) is 4.98 Å². The van der Waals surface area contributed by atoms with Crippen molar-refractivity contribution in [3.63, 3.8) is 0 Å². The van der Waals surface area contributed by atoms with Gasteiger partial charge in [0.1, 0.15) is 0 Å². The lowest BCUT2D eigenvalue weighted by molar-refractivity contribution is 0.182. The van der Waals surface area contributed by atoms with E-state index in [1.54, 1.807) is 18.4 Å². The van der Waals surface area contributed by atoms with Crippen LogP contribution in [0.5, 0.6) is 0 Å².